The summed E-state index contributed by atoms with van der Waals surface area (Å²) in [4.78, 5) is 5.48. The molecule has 2 unspecified atom stereocenters. The van der Waals surface area contributed by atoms with Crippen LogP contribution >= 0.6 is 0 Å². The summed E-state index contributed by atoms with van der Waals surface area (Å²) in [6, 6.07) is 3.48. The molecule has 2 aliphatic rings. The van der Waals surface area contributed by atoms with Crippen molar-refractivity contribution in [2.75, 3.05) is 18.0 Å². The fourth-order valence-corrected chi connectivity index (χ4v) is 4.12. The lowest BCUT2D eigenvalue weighted by molar-refractivity contribution is -0.137. The number of piperidine rings is 1. The van der Waals surface area contributed by atoms with Crippen LogP contribution in [0.4, 0.5) is 24.5 Å². The SMILES string of the molecule is [C-]#[N+]c1ccc(C(F)(F)F)cc1N1CC2CCCCC(C1)C2C. The van der Waals surface area contributed by atoms with Crippen LogP contribution in [0.3, 0.4) is 0 Å². The third-order valence-electron chi connectivity index (χ3n) is 5.56. The third-order valence-corrected chi connectivity index (χ3v) is 5.56. The van der Waals surface area contributed by atoms with Gasteiger partial charge < -0.3 is 4.90 Å². The van der Waals surface area contributed by atoms with Gasteiger partial charge in [0.15, 0.2) is 0 Å². The maximum Gasteiger partial charge on any atom is 0.416 e. The van der Waals surface area contributed by atoms with Gasteiger partial charge in [0.2, 0.25) is 5.69 Å². The maximum atomic E-state index is 13.0. The average molecular weight is 322 g/mol. The Kier molecular flexibility index (Phi) is 4.27. The molecule has 2 nitrogen and oxygen atoms in total. The van der Waals surface area contributed by atoms with Crippen LogP contribution in [-0.4, -0.2) is 13.1 Å². The summed E-state index contributed by atoms with van der Waals surface area (Å²) < 4.78 is 39.1. The van der Waals surface area contributed by atoms with Crippen LogP contribution in [0.1, 0.15) is 38.2 Å². The van der Waals surface area contributed by atoms with Gasteiger partial charge in [-0.1, -0.05) is 31.9 Å². The van der Waals surface area contributed by atoms with Gasteiger partial charge in [-0.25, -0.2) is 4.85 Å². The highest BCUT2D eigenvalue weighted by Crippen LogP contribution is 2.43. The molecule has 2 bridgehead atoms. The number of anilines is 1. The van der Waals surface area contributed by atoms with Crippen LogP contribution < -0.4 is 4.90 Å². The smallest absolute Gasteiger partial charge is 0.380 e. The maximum absolute atomic E-state index is 13.0. The van der Waals surface area contributed by atoms with Crippen molar-refractivity contribution in [1.29, 1.82) is 0 Å². The molecule has 0 spiro atoms. The van der Waals surface area contributed by atoms with E-state index in [2.05, 4.69) is 11.8 Å². The Bertz CT molecular complexity index is 602. The number of hydrogen-bond acceptors (Lipinski definition) is 1. The molecule has 1 aromatic carbocycles. The van der Waals surface area contributed by atoms with Crippen LogP contribution in [0.2, 0.25) is 0 Å². The van der Waals surface area contributed by atoms with Crippen molar-refractivity contribution in [1.82, 2.24) is 0 Å². The molecule has 1 saturated heterocycles. The normalized spacial score (nSPS) is 28.1. The number of halogens is 3. The molecule has 2 atom stereocenters. The zero-order chi connectivity index (χ0) is 16.6. The Hall–Kier alpha value is -1.70. The molecule has 124 valence electrons. The first-order valence-corrected chi connectivity index (χ1v) is 8.24. The second-order valence-corrected chi connectivity index (χ2v) is 6.88. The van der Waals surface area contributed by atoms with Gasteiger partial charge in [0.1, 0.15) is 0 Å². The molecule has 0 N–H and O–H groups in total. The number of rotatable bonds is 1. The van der Waals surface area contributed by atoms with Gasteiger partial charge in [0.05, 0.1) is 12.1 Å². The Morgan fingerprint density at radius 3 is 2.26 bits per heavy atom. The van der Waals surface area contributed by atoms with Crippen molar-refractivity contribution in [2.24, 2.45) is 17.8 Å². The Balaban J connectivity index is 1.96. The minimum atomic E-state index is -4.37. The molecule has 23 heavy (non-hydrogen) atoms. The molecule has 1 saturated carbocycles. The molecule has 3 rings (SSSR count). The summed E-state index contributed by atoms with van der Waals surface area (Å²) in [6.45, 7) is 11.1. The number of benzene rings is 1. The van der Waals surface area contributed by atoms with E-state index in [0.717, 1.165) is 38.1 Å². The fourth-order valence-electron chi connectivity index (χ4n) is 4.12. The lowest BCUT2D eigenvalue weighted by Gasteiger charge is -2.43. The number of hydrogen-bond donors (Lipinski definition) is 0. The van der Waals surface area contributed by atoms with E-state index in [1.807, 2.05) is 4.90 Å². The van der Waals surface area contributed by atoms with Crippen molar-refractivity contribution < 1.29 is 13.2 Å². The van der Waals surface area contributed by atoms with Crippen molar-refractivity contribution in [2.45, 2.75) is 38.8 Å². The van der Waals surface area contributed by atoms with Gasteiger partial charge in [-0.05, 0) is 36.7 Å². The quantitative estimate of drug-likeness (QED) is 0.618. The fraction of sp³-hybridized carbons (Fsp3) is 0.611. The highest BCUT2D eigenvalue weighted by atomic mass is 19.4. The van der Waals surface area contributed by atoms with Gasteiger partial charge >= 0.3 is 6.18 Å². The van der Waals surface area contributed by atoms with Gasteiger partial charge in [-0.15, -0.1) is 0 Å². The highest BCUT2D eigenvalue weighted by Gasteiger charge is 2.37. The standard InChI is InChI=1S/C18H21F3N2/c1-12-13-5-3-4-6-14(12)11-23(10-13)17-9-15(18(19,20)21)7-8-16(17)22-2/h7-9,12-14H,3-6,10-11H2,1H3. The molecule has 1 aliphatic heterocycles. The van der Waals surface area contributed by atoms with E-state index in [0.29, 0.717) is 29.1 Å². The zero-order valence-corrected chi connectivity index (χ0v) is 13.2. The molecule has 1 aromatic rings. The van der Waals surface area contributed by atoms with Crippen LogP contribution in [-0.2, 0) is 6.18 Å². The van der Waals surface area contributed by atoms with Gasteiger partial charge in [-0.2, -0.15) is 13.2 Å². The number of nitrogens with zero attached hydrogens (tertiary/aromatic N) is 2. The summed E-state index contributed by atoms with van der Waals surface area (Å²) >= 11 is 0. The van der Waals surface area contributed by atoms with Crippen LogP contribution in [0.25, 0.3) is 4.85 Å². The van der Waals surface area contributed by atoms with E-state index in [4.69, 9.17) is 6.57 Å². The van der Waals surface area contributed by atoms with Crippen LogP contribution in [0.5, 0.6) is 0 Å². The molecule has 5 heteroatoms. The van der Waals surface area contributed by atoms with E-state index >= 15 is 0 Å². The first-order chi connectivity index (χ1) is 10.9. The van der Waals surface area contributed by atoms with Crippen molar-refractivity contribution in [3.63, 3.8) is 0 Å². The number of alkyl halides is 3. The largest absolute Gasteiger partial charge is 0.416 e. The van der Waals surface area contributed by atoms with Crippen molar-refractivity contribution in [3.8, 4) is 0 Å². The van der Waals surface area contributed by atoms with E-state index in [1.54, 1.807) is 0 Å². The average Bonchev–Trinajstić information content (AvgIpc) is 2.62. The van der Waals surface area contributed by atoms with Crippen molar-refractivity contribution in [3.05, 3.63) is 35.2 Å². The van der Waals surface area contributed by atoms with Gasteiger partial charge in [-0.3, -0.25) is 0 Å². The van der Waals surface area contributed by atoms with Crippen LogP contribution in [0, 0.1) is 24.3 Å². The topological polar surface area (TPSA) is 7.60 Å². The Labute approximate surface area is 135 Å². The monoisotopic (exact) mass is 322 g/mol. The molecule has 0 aromatic heterocycles. The van der Waals surface area contributed by atoms with Gasteiger partial charge in [0.25, 0.3) is 0 Å². The first kappa shape index (κ1) is 16.2. The van der Waals surface area contributed by atoms with E-state index in [-0.39, 0.29) is 0 Å². The second-order valence-electron chi connectivity index (χ2n) is 6.88. The highest BCUT2D eigenvalue weighted by molar-refractivity contribution is 5.72. The molecular weight excluding hydrogens is 301 g/mol. The molecule has 1 heterocycles. The summed E-state index contributed by atoms with van der Waals surface area (Å²) in [5, 5.41) is 0. The van der Waals surface area contributed by atoms with Crippen LogP contribution in [0.15, 0.2) is 18.2 Å². The number of fused-ring (bicyclic) bond motifs is 2. The predicted molar refractivity (Wildman–Crippen MR) is 84.5 cm³/mol. The lowest BCUT2D eigenvalue weighted by atomic mass is 9.78. The minimum Gasteiger partial charge on any atom is -0.380 e. The second kappa shape index (κ2) is 6.07. The first-order valence-electron chi connectivity index (χ1n) is 8.24. The summed E-state index contributed by atoms with van der Waals surface area (Å²) in [6.07, 6.45) is 0.321. The summed E-state index contributed by atoms with van der Waals surface area (Å²) in [5.41, 5.74) is 0.115. The predicted octanol–water partition coefficient (Wildman–Crippen LogP) is 5.52. The van der Waals surface area contributed by atoms with Crippen molar-refractivity contribution >= 4 is 11.4 Å². The molecule has 0 amide bonds. The Morgan fingerprint density at radius 1 is 1.13 bits per heavy atom. The third kappa shape index (κ3) is 3.17. The zero-order valence-electron chi connectivity index (χ0n) is 13.2. The van der Waals surface area contributed by atoms with E-state index in [1.165, 1.54) is 18.9 Å². The lowest BCUT2D eigenvalue weighted by Crippen LogP contribution is -2.44. The Morgan fingerprint density at radius 2 is 1.74 bits per heavy atom. The summed E-state index contributed by atoms with van der Waals surface area (Å²) in [7, 11) is 0. The van der Waals surface area contributed by atoms with E-state index < -0.39 is 11.7 Å². The van der Waals surface area contributed by atoms with Gasteiger partial charge in [0, 0.05) is 18.8 Å². The molecular formula is C18H21F3N2. The summed E-state index contributed by atoms with van der Waals surface area (Å²) in [5.74, 6) is 1.66. The van der Waals surface area contributed by atoms with E-state index in [9.17, 15) is 13.2 Å². The molecule has 0 radical (unpaired) electrons. The molecule has 2 fully saturated rings. The minimum absolute atomic E-state index is 0.323. The molecule has 1 aliphatic carbocycles.